The van der Waals surface area contributed by atoms with E-state index in [0.717, 1.165) is 19.6 Å². The van der Waals surface area contributed by atoms with E-state index in [1.54, 1.807) is 0 Å². The van der Waals surface area contributed by atoms with Gasteiger partial charge in [0.1, 0.15) is 0 Å². The van der Waals surface area contributed by atoms with Crippen molar-refractivity contribution in [2.24, 2.45) is 0 Å². The van der Waals surface area contributed by atoms with Gasteiger partial charge in [0.25, 0.3) is 0 Å². The zero-order valence-electron chi connectivity index (χ0n) is 18.6. The topological polar surface area (TPSA) is 25.0 Å². The second kappa shape index (κ2) is 13.9. The van der Waals surface area contributed by atoms with Crippen molar-refractivity contribution >= 4 is 0 Å². The fourth-order valence-corrected chi connectivity index (χ4v) is 3.61. The summed E-state index contributed by atoms with van der Waals surface area (Å²) in [5.74, 6) is 0. The molecule has 1 atom stereocenters. The molecule has 1 fully saturated rings. The van der Waals surface area contributed by atoms with Crippen LogP contribution in [0.2, 0.25) is 0 Å². The average Bonchev–Trinajstić information content (AvgIpc) is 2.65. The van der Waals surface area contributed by atoms with Crippen LogP contribution in [-0.2, 0) is 0 Å². The molecular formula is C21H47N5. The van der Waals surface area contributed by atoms with E-state index in [2.05, 4.69) is 66.5 Å². The van der Waals surface area contributed by atoms with Crippen LogP contribution < -0.4 is 5.32 Å². The molecule has 1 unspecified atom stereocenters. The Morgan fingerprint density at radius 2 is 1.38 bits per heavy atom. The molecule has 1 saturated heterocycles. The molecule has 1 aliphatic rings. The molecule has 0 spiro atoms. The van der Waals surface area contributed by atoms with Crippen LogP contribution in [0.15, 0.2) is 0 Å². The largest absolute Gasteiger partial charge is 0.313 e. The first-order chi connectivity index (χ1) is 12.5. The Morgan fingerprint density at radius 3 is 1.85 bits per heavy atom. The summed E-state index contributed by atoms with van der Waals surface area (Å²) in [6, 6.07) is 1.30. The smallest absolute Gasteiger partial charge is 0.0112 e. The van der Waals surface area contributed by atoms with Gasteiger partial charge < -0.3 is 10.2 Å². The van der Waals surface area contributed by atoms with Gasteiger partial charge in [-0.25, -0.2) is 0 Å². The molecule has 0 aromatic heterocycles. The molecule has 0 aromatic rings. The van der Waals surface area contributed by atoms with E-state index < -0.39 is 0 Å². The molecular weight excluding hydrogens is 322 g/mol. The van der Waals surface area contributed by atoms with Crippen LogP contribution in [0.4, 0.5) is 0 Å². The van der Waals surface area contributed by atoms with E-state index in [-0.39, 0.29) is 0 Å². The molecule has 0 aromatic carbocycles. The Labute approximate surface area is 164 Å². The first-order valence-electron chi connectivity index (χ1n) is 11.1. The van der Waals surface area contributed by atoms with Crippen LogP contribution in [0.3, 0.4) is 0 Å². The molecule has 1 heterocycles. The molecule has 0 radical (unpaired) electrons. The number of piperazine rings is 1. The van der Waals surface area contributed by atoms with Crippen molar-refractivity contribution < 1.29 is 0 Å². The number of nitrogens with zero attached hydrogens (tertiary/aromatic N) is 4. The lowest BCUT2D eigenvalue weighted by Crippen LogP contribution is -2.50. The number of likely N-dealkylation sites (N-methyl/N-ethyl adjacent to an activating group) is 2. The van der Waals surface area contributed by atoms with E-state index in [0.29, 0.717) is 12.1 Å². The van der Waals surface area contributed by atoms with Crippen molar-refractivity contribution in [3.05, 3.63) is 0 Å². The average molecular weight is 370 g/mol. The van der Waals surface area contributed by atoms with Crippen LogP contribution in [0.1, 0.15) is 48.0 Å². The van der Waals surface area contributed by atoms with Gasteiger partial charge in [0.15, 0.2) is 0 Å². The Balaban J connectivity index is 2.16. The Bertz CT molecular complexity index is 328. The monoisotopic (exact) mass is 369 g/mol. The quantitative estimate of drug-likeness (QED) is 0.505. The predicted octanol–water partition coefficient (Wildman–Crippen LogP) is 2.04. The lowest BCUT2D eigenvalue weighted by atomic mass is 10.2. The maximum absolute atomic E-state index is 3.61. The normalized spacial score (nSPS) is 18.3. The van der Waals surface area contributed by atoms with Crippen LogP contribution in [0, 0.1) is 0 Å². The first kappa shape index (κ1) is 23.8. The van der Waals surface area contributed by atoms with E-state index >= 15 is 0 Å². The highest BCUT2D eigenvalue weighted by atomic mass is 15.3. The Kier molecular flexibility index (Phi) is 12.7. The van der Waals surface area contributed by atoms with Gasteiger partial charge in [-0.1, -0.05) is 20.8 Å². The van der Waals surface area contributed by atoms with Gasteiger partial charge in [0.2, 0.25) is 0 Å². The van der Waals surface area contributed by atoms with Crippen LogP contribution in [0.25, 0.3) is 0 Å². The maximum atomic E-state index is 3.61. The summed E-state index contributed by atoms with van der Waals surface area (Å²) in [4.78, 5) is 10.5. The van der Waals surface area contributed by atoms with Crippen LogP contribution in [-0.4, -0.2) is 110 Å². The molecule has 156 valence electrons. The molecule has 0 aliphatic carbocycles. The summed E-state index contributed by atoms with van der Waals surface area (Å²) in [7, 11) is 0. The minimum atomic E-state index is 0.640. The van der Waals surface area contributed by atoms with Gasteiger partial charge in [0, 0.05) is 77.5 Å². The van der Waals surface area contributed by atoms with Crippen molar-refractivity contribution in [2.75, 3.05) is 78.5 Å². The number of nitrogens with one attached hydrogen (secondary N) is 1. The zero-order valence-corrected chi connectivity index (χ0v) is 18.6. The lowest BCUT2D eigenvalue weighted by molar-refractivity contribution is 0.104. The highest BCUT2D eigenvalue weighted by Gasteiger charge is 2.18. The first-order valence-corrected chi connectivity index (χ1v) is 11.1. The molecule has 0 bridgehead atoms. The summed E-state index contributed by atoms with van der Waals surface area (Å²) < 4.78 is 0. The van der Waals surface area contributed by atoms with Gasteiger partial charge in [0.05, 0.1) is 0 Å². The fourth-order valence-electron chi connectivity index (χ4n) is 3.61. The maximum Gasteiger partial charge on any atom is 0.0112 e. The van der Waals surface area contributed by atoms with E-state index in [1.165, 1.54) is 65.3 Å². The molecule has 0 saturated carbocycles. The lowest BCUT2D eigenvalue weighted by Gasteiger charge is -2.37. The zero-order chi connectivity index (χ0) is 19.4. The van der Waals surface area contributed by atoms with Crippen LogP contribution >= 0.6 is 0 Å². The fraction of sp³-hybridized carbons (Fsp3) is 1.00. The molecule has 0 amide bonds. The molecule has 1 aliphatic heterocycles. The molecule has 1 rings (SSSR count). The molecule has 26 heavy (non-hydrogen) atoms. The highest BCUT2D eigenvalue weighted by Crippen LogP contribution is 2.04. The SMILES string of the molecule is CCC(C)NCCN(CC)CCN1CCN(CCN(CC)C(C)C)CC1. The second-order valence-electron chi connectivity index (χ2n) is 8.10. The number of hydrogen-bond acceptors (Lipinski definition) is 5. The van der Waals surface area contributed by atoms with E-state index in [9.17, 15) is 0 Å². The molecule has 5 nitrogen and oxygen atoms in total. The van der Waals surface area contributed by atoms with Gasteiger partial charge >= 0.3 is 0 Å². The molecule has 5 heteroatoms. The summed E-state index contributed by atoms with van der Waals surface area (Å²) in [5, 5.41) is 3.61. The van der Waals surface area contributed by atoms with Crippen LogP contribution in [0.5, 0.6) is 0 Å². The predicted molar refractivity (Wildman–Crippen MR) is 115 cm³/mol. The van der Waals surface area contributed by atoms with Gasteiger partial charge in [-0.2, -0.15) is 0 Å². The van der Waals surface area contributed by atoms with Crippen molar-refractivity contribution in [3.8, 4) is 0 Å². The third kappa shape index (κ3) is 9.65. The van der Waals surface area contributed by atoms with Crippen molar-refractivity contribution in [2.45, 2.75) is 60.0 Å². The summed E-state index contributed by atoms with van der Waals surface area (Å²) in [6.07, 6.45) is 1.21. The van der Waals surface area contributed by atoms with Gasteiger partial charge in [-0.3, -0.25) is 14.7 Å². The van der Waals surface area contributed by atoms with Crippen molar-refractivity contribution in [1.29, 1.82) is 0 Å². The van der Waals surface area contributed by atoms with Crippen molar-refractivity contribution in [1.82, 2.24) is 24.9 Å². The third-order valence-corrected chi connectivity index (χ3v) is 6.02. The van der Waals surface area contributed by atoms with Gasteiger partial charge in [-0.05, 0) is 40.3 Å². The summed E-state index contributed by atoms with van der Waals surface area (Å²) in [5.41, 5.74) is 0. The summed E-state index contributed by atoms with van der Waals surface area (Å²) in [6.45, 7) is 28.1. The highest BCUT2D eigenvalue weighted by molar-refractivity contribution is 4.75. The molecule has 1 N–H and O–H groups in total. The number of rotatable bonds is 14. The standard InChI is InChI=1S/C21H47N5/c1-7-21(6)22-10-11-23(8-2)12-13-24-14-16-25(17-15-24)18-19-26(9-3)20(4)5/h20-22H,7-19H2,1-6H3. The van der Waals surface area contributed by atoms with E-state index in [4.69, 9.17) is 0 Å². The van der Waals surface area contributed by atoms with Gasteiger partial charge in [-0.15, -0.1) is 0 Å². The van der Waals surface area contributed by atoms with Crippen molar-refractivity contribution in [3.63, 3.8) is 0 Å². The minimum absolute atomic E-state index is 0.640. The Morgan fingerprint density at radius 1 is 0.808 bits per heavy atom. The number of hydrogen-bond donors (Lipinski definition) is 1. The summed E-state index contributed by atoms with van der Waals surface area (Å²) >= 11 is 0. The minimum Gasteiger partial charge on any atom is -0.313 e. The van der Waals surface area contributed by atoms with E-state index in [1.807, 2.05) is 0 Å². The Hall–Kier alpha value is -0.200. The second-order valence-corrected chi connectivity index (χ2v) is 8.10. The third-order valence-electron chi connectivity index (χ3n) is 6.02.